The molecule has 0 radical (unpaired) electrons. The van der Waals surface area contributed by atoms with Crippen molar-refractivity contribution in [3.63, 3.8) is 0 Å². The van der Waals surface area contributed by atoms with Gasteiger partial charge in [-0.25, -0.2) is 23.2 Å². The molecule has 0 atom stereocenters. The molecule has 11 heteroatoms. The van der Waals surface area contributed by atoms with Crippen LogP contribution in [0.4, 0.5) is 5.69 Å². The maximum atomic E-state index is 14.2. The second kappa shape index (κ2) is 10.5. The first-order valence-corrected chi connectivity index (χ1v) is 14.3. The van der Waals surface area contributed by atoms with Crippen molar-refractivity contribution < 1.29 is 22.7 Å². The lowest BCUT2D eigenvalue weighted by molar-refractivity contribution is -0.134. The van der Waals surface area contributed by atoms with E-state index in [-0.39, 0.29) is 27.4 Å². The molecule has 3 aromatic carbocycles. The number of anilines is 1. The van der Waals surface area contributed by atoms with Gasteiger partial charge in [-0.05, 0) is 62.0 Å². The number of sulfone groups is 1. The zero-order chi connectivity index (χ0) is 27.7. The van der Waals surface area contributed by atoms with E-state index >= 15 is 0 Å². The van der Waals surface area contributed by atoms with Crippen molar-refractivity contribution >= 4 is 55.1 Å². The number of hydrazone groups is 1. The molecule has 2 heterocycles. The van der Waals surface area contributed by atoms with Gasteiger partial charge < -0.3 is 9.30 Å². The molecule has 0 saturated heterocycles. The second-order valence-corrected chi connectivity index (χ2v) is 11.5. The molecule has 4 aromatic rings. The minimum Gasteiger partial charge on any atom is -0.461 e. The van der Waals surface area contributed by atoms with Gasteiger partial charge in [0.05, 0.1) is 28.2 Å². The Bertz CT molecular complexity index is 1760. The van der Waals surface area contributed by atoms with Gasteiger partial charge >= 0.3 is 5.97 Å². The lowest BCUT2D eigenvalue weighted by Gasteiger charge is -2.19. The normalized spacial score (nSPS) is 14.8. The largest absolute Gasteiger partial charge is 0.461 e. The van der Waals surface area contributed by atoms with Crippen molar-refractivity contribution in [2.45, 2.75) is 18.7 Å². The van der Waals surface area contributed by atoms with Gasteiger partial charge in [0.15, 0.2) is 10.7 Å². The van der Waals surface area contributed by atoms with Crippen LogP contribution in [0.15, 0.2) is 98.8 Å². The molecule has 0 saturated carbocycles. The number of rotatable bonds is 7. The number of carbonyl (C=O) groups is 2. The van der Waals surface area contributed by atoms with Gasteiger partial charge in [0.1, 0.15) is 5.03 Å². The van der Waals surface area contributed by atoms with Crippen LogP contribution in [0.2, 0.25) is 0 Å². The number of allylic oxidation sites excluding steroid dienone is 1. The summed E-state index contributed by atoms with van der Waals surface area (Å²) in [6.07, 6.45) is 0. The van der Waals surface area contributed by atoms with E-state index < -0.39 is 26.5 Å². The topological polar surface area (TPSA) is 111 Å². The predicted molar refractivity (Wildman–Crippen MR) is 151 cm³/mol. The highest BCUT2D eigenvalue weighted by molar-refractivity contribution is 8.19. The molecular formula is C28H24N4O5S2. The van der Waals surface area contributed by atoms with Crippen molar-refractivity contribution in [3.05, 3.63) is 100 Å². The quantitative estimate of drug-likeness (QED) is 0.179. The molecule has 1 aliphatic heterocycles. The Morgan fingerprint density at radius 3 is 2.28 bits per heavy atom. The van der Waals surface area contributed by atoms with Gasteiger partial charge in [-0.1, -0.05) is 48.0 Å². The Morgan fingerprint density at radius 2 is 1.62 bits per heavy atom. The molecule has 9 nitrogen and oxygen atoms in total. The number of ketones is 1. The van der Waals surface area contributed by atoms with Crippen molar-refractivity contribution in [3.8, 4) is 0 Å². The average molecular weight is 561 g/mol. The fourth-order valence-electron chi connectivity index (χ4n) is 4.07. The van der Waals surface area contributed by atoms with Crippen LogP contribution >= 0.6 is 11.8 Å². The standard InChI is InChI=1S/C28H24N4O5S2/c1-4-37-28(34)26-30-32(19-16-14-18(2)15-17-19)27(38-26)24(39(35,36)20-10-6-5-7-11-20)23(33)25-29-21-12-8-9-13-22(21)31(25)3/h5-17H,4H2,1-3H3/b27-24+. The Hall–Kier alpha value is -4.22. The van der Waals surface area contributed by atoms with Crippen molar-refractivity contribution in [1.82, 2.24) is 9.55 Å². The lowest BCUT2D eigenvalue weighted by Crippen LogP contribution is -2.23. The Kier molecular flexibility index (Phi) is 7.11. The van der Waals surface area contributed by atoms with Crippen LogP contribution in [0.25, 0.3) is 11.0 Å². The van der Waals surface area contributed by atoms with Gasteiger partial charge in [-0.2, -0.15) is 5.10 Å². The van der Waals surface area contributed by atoms with E-state index in [2.05, 4.69) is 10.1 Å². The van der Waals surface area contributed by atoms with Crippen LogP contribution in [-0.4, -0.2) is 41.4 Å². The Balaban J connectivity index is 1.78. The molecule has 0 unspecified atom stereocenters. The fraction of sp³-hybridized carbons (Fsp3) is 0.143. The SMILES string of the molecule is CCOC(=O)C1=NN(c2ccc(C)cc2)/C(=C(/C(=O)c2nc3ccccc3n2C)S(=O)(=O)c2ccccc2)S1. The molecule has 1 aliphatic rings. The molecular weight excluding hydrogens is 536 g/mol. The maximum Gasteiger partial charge on any atom is 0.365 e. The number of aromatic nitrogens is 2. The van der Waals surface area contributed by atoms with Crippen molar-refractivity contribution in [2.24, 2.45) is 12.1 Å². The number of benzene rings is 3. The molecule has 0 aliphatic carbocycles. The Labute approximate surface area is 229 Å². The third-order valence-corrected chi connectivity index (χ3v) is 8.97. The zero-order valence-corrected chi connectivity index (χ0v) is 23.0. The number of nitrogens with zero attached hydrogens (tertiary/aromatic N) is 4. The molecule has 0 N–H and O–H groups in total. The summed E-state index contributed by atoms with van der Waals surface area (Å²) in [6, 6.07) is 21.9. The number of Topliss-reactive ketones (excluding diaryl/α,β-unsaturated/α-hetero) is 1. The van der Waals surface area contributed by atoms with Gasteiger partial charge in [-0.3, -0.25) is 4.79 Å². The summed E-state index contributed by atoms with van der Waals surface area (Å²) in [5.41, 5.74) is 2.66. The number of para-hydroxylation sites is 2. The highest BCUT2D eigenvalue weighted by Crippen LogP contribution is 2.41. The number of carbonyl (C=O) groups excluding carboxylic acids is 2. The molecule has 0 fully saturated rings. The van der Waals surface area contributed by atoms with Crippen LogP contribution in [0.5, 0.6) is 0 Å². The maximum absolute atomic E-state index is 14.2. The third kappa shape index (κ3) is 4.86. The first-order valence-electron chi connectivity index (χ1n) is 12.0. The first kappa shape index (κ1) is 26.4. The van der Waals surface area contributed by atoms with Crippen LogP contribution in [0.3, 0.4) is 0 Å². The number of hydrogen-bond acceptors (Lipinski definition) is 9. The summed E-state index contributed by atoms with van der Waals surface area (Å²) in [7, 11) is -2.75. The number of thioether (sulfide) groups is 1. The molecule has 0 spiro atoms. The van der Waals surface area contributed by atoms with Crippen LogP contribution < -0.4 is 5.01 Å². The Morgan fingerprint density at radius 1 is 0.949 bits per heavy atom. The number of esters is 1. The van der Waals surface area contributed by atoms with E-state index in [1.807, 2.05) is 25.1 Å². The minimum atomic E-state index is -4.41. The highest BCUT2D eigenvalue weighted by Gasteiger charge is 2.41. The van der Waals surface area contributed by atoms with Crippen LogP contribution in [0.1, 0.15) is 23.1 Å². The molecule has 0 bridgehead atoms. The highest BCUT2D eigenvalue weighted by atomic mass is 32.2. The summed E-state index contributed by atoms with van der Waals surface area (Å²) < 4.78 is 35.0. The summed E-state index contributed by atoms with van der Waals surface area (Å²) in [6.45, 7) is 3.68. The third-order valence-electron chi connectivity index (χ3n) is 6.02. The summed E-state index contributed by atoms with van der Waals surface area (Å²) in [4.78, 5) is 30.8. The second-order valence-electron chi connectivity index (χ2n) is 8.64. The van der Waals surface area contributed by atoms with Gasteiger partial charge in [-0.15, -0.1) is 0 Å². The molecule has 5 rings (SSSR count). The molecule has 1 aromatic heterocycles. The number of aryl methyl sites for hydroxylation is 2. The predicted octanol–water partition coefficient (Wildman–Crippen LogP) is 4.84. The van der Waals surface area contributed by atoms with E-state index in [1.165, 1.54) is 17.1 Å². The number of hydrogen-bond donors (Lipinski definition) is 0. The number of imidazole rings is 1. The van der Waals surface area contributed by atoms with E-state index in [0.717, 1.165) is 17.3 Å². The van der Waals surface area contributed by atoms with Crippen molar-refractivity contribution in [1.29, 1.82) is 0 Å². The zero-order valence-electron chi connectivity index (χ0n) is 21.4. The van der Waals surface area contributed by atoms with E-state index in [1.54, 1.807) is 67.1 Å². The van der Waals surface area contributed by atoms with Gasteiger partial charge in [0.2, 0.25) is 20.7 Å². The van der Waals surface area contributed by atoms with Crippen molar-refractivity contribution in [2.75, 3.05) is 11.6 Å². The average Bonchev–Trinajstić information content (AvgIpc) is 3.52. The van der Waals surface area contributed by atoms with E-state index in [4.69, 9.17) is 4.74 Å². The minimum absolute atomic E-state index is 0.0391. The molecule has 39 heavy (non-hydrogen) atoms. The summed E-state index contributed by atoms with van der Waals surface area (Å²) >= 11 is 0.775. The monoisotopic (exact) mass is 560 g/mol. The smallest absolute Gasteiger partial charge is 0.365 e. The summed E-state index contributed by atoms with van der Waals surface area (Å²) in [5.74, 6) is -1.61. The van der Waals surface area contributed by atoms with Gasteiger partial charge in [0, 0.05) is 7.05 Å². The van der Waals surface area contributed by atoms with Crippen LogP contribution in [-0.2, 0) is 26.4 Å². The van der Waals surface area contributed by atoms with E-state index in [0.29, 0.717) is 16.7 Å². The molecule has 198 valence electrons. The summed E-state index contributed by atoms with van der Waals surface area (Å²) in [5, 5.41) is 5.56. The number of fused-ring (bicyclic) bond motifs is 1. The van der Waals surface area contributed by atoms with Gasteiger partial charge in [0.25, 0.3) is 0 Å². The fourth-order valence-corrected chi connectivity index (χ4v) is 6.79. The number of ether oxygens (including phenoxy) is 1. The lowest BCUT2D eigenvalue weighted by atomic mass is 10.2. The first-order chi connectivity index (χ1) is 18.7. The van der Waals surface area contributed by atoms with E-state index in [9.17, 15) is 18.0 Å². The molecule has 0 amide bonds. The van der Waals surface area contributed by atoms with Crippen LogP contribution in [0, 0.1) is 6.92 Å².